The van der Waals surface area contributed by atoms with Crippen molar-refractivity contribution in [1.29, 1.82) is 0 Å². The molecule has 0 bridgehead atoms. The van der Waals surface area contributed by atoms with Gasteiger partial charge in [-0.05, 0) is 6.42 Å². The number of aliphatic carboxylic acids is 1. The van der Waals surface area contributed by atoms with Gasteiger partial charge in [0.1, 0.15) is 0 Å². The molecule has 2 radical (unpaired) electrons. The average molecular weight is 304 g/mol. The molecule has 0 aromatic rings. The largest absolute Gasteiger partial charge is 0.481 e. The van der Waals surface area contributed by atoms with Crippen LogP contribution in [0.4, 0.5) is 0 Å². The van der Waals surface area contributed by atoms with Crippen molar-refractivity contribution in [3.63, 3.8) is 0 Å². The monoisotopic (exact) mass is 302 g/mol. The predicted octanol–water partition coefficient (Wildman–Crippen LogP) is 0.866. The van der Waals surface area contributed by atoms with E-state index in [0.29, 0.717) is 6.42 Å². The molecule has 0 aliphatic rings. The molecule has 1 N–H and O–H groups in total. The minimum absolute atomic E-state index is 0. The molecule has 4 heteroatoms. The molecular weight excluding hydrogens is 296 g/mol. The second-order valence-electron chi connectivity index (χ2n) is 1.14. The quantitative estimate of drug-likeness (QED) is 0.769. The molecule has 0 rings (SSSR count). The first kappa shape index (κ1) is 16.0. The van der Waals surface area contributed by atoms with Crippen molar-refractivity contribution in [1.82, 2.24) is 0 Å². The number of carbonyl (C=O) groups is 1. The number of hydrogen-bond donors (Lipinski definition) is 1. The Morgan fingerprint density at radius 3 is 1.88 bits per heavy atom. The molecule has 0 aliphatic heterocycles. The fraction of sp³-hybridized carbons (Fsp3) is 0.750. The minimum Gasteiger partial charge on any atom is -0.481 e. The summed E-state index contributed by atoms with van der Waals surface area (Å²) in [6, 6.07) is 0. The molecule has 8 heavy (non-hydrogen) atoms. The van der Waals surface area contributed by atoms with E-state index in [-0.39, 0.29) is 44.8 Å². The van der Waals surface area contributed by atoms with Crippen LogP contribution < -0.4 is 0 Å². The van der Waals surface area contributed by atoms with E-state index in [1.807, 2.05) is 6.92 Å². The van der Waals surface area contributed by atoms with Crippen molar-refractivity contribution in [2.45, 2.75) is 19.8 Å². The summed E-state index contributed by atoms with van der Waals surface area (Å²) < 4.78 is 0. The van der Waals surface area contributed by atoms with Gasteiger partial charge in [0.05, 0.1) is 0 Å². The third-order valence-corrected chi connectivity index (χ3v) is 0.464. The molecule has 0 unspecified atom stereocenters. The summed E-state index contributed by atoms with van der Waals surface area (Å²) >= 11 is 0. The smallest absolute Gasteiger partial charge is 0.303 e. The van der Waals surface area contributed by atoms with Crippen LogP contribution in [0.5, 0.6) is 0 Å². The van der Waals surface area contributed by atoms with Crippen molar-refractivity contribution in [2.24, 2.45) is 0 Å². The van der Waals surface area contributed by atoms with Gasteiger partial charge < -0.3 is 5.11 Å². The van der Waals surface area contributed by atoms with E-state index in [2.05, 4.69) is 0 Å². The van der Waals surface area contributed by atoms with Gasteiger partial charge in [0.2, 0.25) is 0 Å². The van der Waals surface area contributed by atoms with Crippen molar-refractivity contribution in [2.75, 3.05) is 0 Å². The Morgan fingerprint density at radius 2 is 1.88 bits per heavy atom. The Morgan fingerprint density at radius 1 is 1.50 bits per heavy atom. The van der Waals surface area contributed by atoms with Gasteiger partial charge in [-0.25, -0.2) is 0 Å². The van der Waals surface area contributed by atoms with Crippen molar-refractivity contribution >= 4 is 5.97 Å². The normalized spacial score (nSPS) is 6.12. The third kappa shape index (κ3) is 15.8. The SMILES string of the molecule is CCCC(=O)O.[Ag].[Ag]. The van der Waals surface area contributed by atoms with Gasteiger partial charge in [-0.15, -0.1) is 0 Å². The summed E-state index contributed by atoms with van der Waals surface area (Å²) in [5.74, 6) is -0.711. The zero-order chi connectivity index (χ0) is 4.99. The summed E-state index contributed by atoms with van der Waals surface area (Å²) in [7, 11) is 0. The molecule has 0 fully saturated rings. The van der Waals surface area contributed by atoms with E-state index in [9.17, 15) is 4.79 Å². The van der Waals surface area contributed by atoms with E-state index in [1.165, 1.54) is 0 Å². The number of hydrogen-bond acceptors (Lipinski definition) is 1. The maximum atomic E-state index is 9.60. The molecule has 0 heterocycles. The van der Waals surface area contributed by atoms with Gasteiger partial charge >= 0.3 is 5.97 Å². The number of rotatable bonds is 2. The molecule has 0 aromatic carbocycles. The van der Waals surface area contributed by atoms with E-state index in [1.54, 1.807) is 0 Å². The van der Waals surface area contributed by atoms with Crippen LogP contribution >= 0.6 is 0 Å². The average Bonchev–Trinajstić information content (AvgIpc) is 1.35. The first-order chi connectivity index (χ1) is 2.77. The van der Waals surface area contributed by atoms with Crippen LogP contribution in [0.2, 0.25) is 0 Å². The Balaban J connectivity index is -0.000000125. The van der Waals surface area contributed by atoms with Gasteiger partial charge in [-0.1, -0.05) is 6.92 Å². The number of carboxylic acid groups (broad SMARTS) is 1. The Labute approximate surface area is 80.1 Å². The molecular formula is C4H8Ag2O2. The minimum atomic E-state index is -0.711. The maximum Gasteiger partial charge on any atom is 0.303 e. The van der Waals surface area contributed by atoms with Crippen LogP contribution in [0.1, 0.15) is 19.8 Å². The topological polar surface area (TPSA) is 37.3 Å². The van der Waals surface area contributed by atoms with Gasteiger partial charge in [-0.2, -0.15) is 0 Å². The summed E-state index contributed by atoms with van der Waals surface area (Å²) in [4.78, 5) is 9.60. The van der Waals surface area contributed by atoms with Crippen LogP contribution in [-0.2, 0) is 49.6 Å². The van der Waals surface area contributed by atoms with Gasteiger partial charge in [0.25, 0.3) is 0 Å². The third-order valence-electron chi connectivity index (χ3n) is 0.464. The fourth-order valence-corrected chi connectivity index (χ4v) is 0.214. The van der Waals surface area contributed by atoms with Crippen molar-refractivity contribution in [3.05, 3.63) is 0 Å². The van der Waals surface area contributed by atoms with Crippen molar-refractivity contribution in [3.8, 4) is 0 Å². The molecule has 0 aromatic heterocycles. The van der Waals surface area contributed by atoms with Crippen LogP contribution in [0.25, 0.3) is 0 Å². The standard InChI is InChI=1S/C4H8O2.2Ag/c1-2-3-4(5)6;;/h2-3H2,1H3,(H,5,6);;. The summed E-state index contributed by atoms with van der Waals surface area (Å²) in [5, 5.41) is 7.91. The molecule has 0 amide bonds. The first-order valence-corrected chi connectivity index (χ1v) is 1.99. The fourth-order valence-electron chi connectivity index (χ4n) is 0.214. The molecule has 0 atom stereocenters. The van der Waals surface area contributed by atoms with Crippen LogP contribution in [0.15, 0.2) is 0 Å². The first-order valence-electron chi connectivity index (χ1n) is 1.99. The summed E-state index contributed by atoms with van der Waals surface area (Å²) in [6.07, 6.45) is 1.02. The Bertz CT molecular complexity index is 56.0. The molecule has 2 nitrogen and oxygen atoms in total. The summed E-state index contributed by atoms with van der Waals surface area (Å²) in [6.45, 7) is 1.84. The second kappa shape index (κ2) is 10.8. The number of carboxylic acids is 1. The zero-order valence-electron chi connectivity index (χ0n) is 4.37. The Hall–Kier alpha value is 0.951. The van der Waals surface area contributed by atoms with E-state index in [4.69, 9.17) is 5.11 Å². The van der Waals surface area contributed by atoms with E-state index >= 15 is 0 Å². The second-order valence-corrected chi connectivity index (χ2v) is 1.14. The molecule has 0 spiro atoms. The van der Waals surface area contributed by atoms with Crippen LogP contribution in [-0.4, -0.2) is 11.1 Å². The van der Waals surface area contributed by atoms with Gasteiger partial charge in [-0.3, -0.25) is 4.79 Å². The van der Waals surface area contributed by atoms with Crippen molar-refractivity contribution < 1.29 is 54.7 Å². The van der Waals surface area contributed by atoms with Crippen LogP contribution in [0.3, 0.4) is 0 Å². The predicted molar refractivity (Wildman–Crippen MR) is 22.5 cm³/mol. The Kier molecular flexibility index (Phi) is 21.7. The van der Waals surface area contributed by atoms with Gasteiger partial charge in [0.15, 0.2) is 0 Å². The molecule has 0 aliphatic carbocycles. The van der Waals surface area contributed by atoms with Crippen LogP contribution in [0, 0.1) is 0 Å². The summed E-state index contributed by atoms with van der Waals surface area (Å²) in [5.41, 5.74) is 0. The van der Waals surface area contributed by atoms with E-state index < -0.39 is 5.97 Å². The molecule has 58 valence electrons. The zero-order valence-corrected chi connectivity index (χ0v) is 7.34. The van der Waals surface area contributed by atoms with Gasteiger partial charge in [0, 0.05) is 51.2 Å². The molecule has 0 saturated carbocycles. The maximum absolute atomic E-state index is 9.60. The molecule has 0 saturated heterocycles. The van der Waals surface area contributed by atoms with E-state index in [0.717, 1.165) is 6.42 Å².